The molecule has 0 radical (unpaired) electrons. The minimum Gasteiger partial charge on any atom is -0.333 e. The summed E-state index contributed by atoms with van der Waals surface area (Å²) in [6.07, 6.45) is 0. The largest absolute Gasteiger partial charge is 0.333 e. The van der Waals surface area contributed by atoms with E-state index < -0.39 is 20.0 Å². The first kappa shape index (κ1) is 20.3. The molecule has 1 fully saturated rings. The van der Waals surface area contributed by atoms with Gasteiger partial charge in [-0.1, -0.05) is 13.8 Å². The highest BCUT2D eigenvalue weighted by atomic mass is 32.2. The van der Waals surface area contributed by atoms with E-state index in [4.69, 9.17) is 0 Å². The van der Waals surface area contributed by atoms with Crippen LogP contribution in [0.15, 0.2) is 34.1 Å². The molecule has 1 aliphatic rings. The maximum atomic E-state index is 12.7. The van der Waals surface area contributed by atoms with Crippen molar-refractivity contribution in [1.82, 2.24) is 8.61 Å². The van der Waals surface area contributed by atoms with Crippen LogP contribution in [-0.2, 0) is 20.0 Å². The topological polar surface area (TPSA) is 79.2 Å². The molecule has 0 amide bonds. The van der Waals surface area contributed by atoms with Gasteiger partial charge in [-0.3, -0.25) is 0 Å². The molecule has 1 aromatic carbocycles. The van der Waals surface area contributed by atoms with Gasteiger partial charge in [0, 0.05) is 13.1 Å². The fourth-order valence-corrected chi connectivity index (χ4v) is 5.94. The average molecular weight is 391 g/mol. The van der Waals surface area contributed by atoms with Crippen LogP contribution in [0.4, 0.5) is 0 Å². The Hall–Kier alpha value is -1.00. The van der Waals surface area contributed by atoms with Gasteiger partial charge in [0.25, 0.3) is 0 Å². The van der Waals surface area contributed by atoms with Crippen molar-refractivity contribution < 1.29 is 21.7 Å². The predicted molar refractivity (Wildman–Crippen MR) is 96.5 cm³/mol. The number of sulfonamides is 2. The second kappa shape index (κ2) is 8.13. The highest BCUT2D eigenvalue weighted by molar-refractivity contribution is 7.89. The summed E-state index contributed by atoms with van der Waals surface area (Å²) in [5, 5.41) is 0. The second-order valence-corrected chi connectivity index (χ2v) is 9.94. The van der Waals surface area contributed by atoms with E-state index in [2.05, 4.69) is 6.92 Å². The minimum atomic E-state index is -3.58. The smallest absolute Gasteiger partial charge is 0.243 e. The van der Waals surface area contributed by atoms with Crippen molar-refractivity contribution in [3.8, 4) is 0 Å². The zero-order valence-electron chi connectivity index (χ0n) is 15.1. The quantitative estimate of drug-likeness (QED) is 0.689. The fourth-order valence-electron chi connectivity index (χ4n) is 3.04. The number of hydrogen-bond acceptors (Lipinski definition) is 4. The van der Waals surface area contributed by atoms with Crippen molar-refractivity contribution in [3.63, 3.8) is 0 Å². The average Bonchev–Trinajstić information content (AvgIpc) is 2.62. The Labute approximate surface area is 151 Å². The van der Waals surface area contributed by atoms with E-state index in [1.807, 2.05) is 0 Å². The van der Waals surface area contributed by atoms with Gasteiger partial charge in [-0.2, -0.15) is 8.61 Å². The van der Waals surface area contributed by atoms with E-state index in [0.717, 1.165) is 19.6 Å². The molecule has 142 valence electrons. The molecule has 1 aromatic rings. The van der Waals surface area contributed by atoms with Gasteiger partial charge in [-0.15, -0.1) is 0 Å². The van der Waals surface area contributed by atoms with Crippen LogP contribution in [0.2, 0.25) is 0 Å². The molecule has 1 N–H and O–H groups in total. The molecule has 1 saturated heterocycles. The Morgan fingerprint density at radius 2 is 1.40 bits per heavy atom. The fraction of sp³-hybridized carbons (Fsp3) is 0.625. The molecular weight excluding hydrogens is 362 g/mol. The molecule has 2 rings (SSSR count). The van der Waals surface area contributed by atoms with Crippen LogP contribution >= 0.6 is 0 Å². The third kappa shape index (κ3) is 4.22. The van der Waals surface area contributed by atoms with Crippen molar-refractivity contribution in [2.75, 3.05) is 45.8 Å². The van der Waals surface area contributed by atoms with Gasteiger partial charge in [-0.25, -0.2) is 16.8 Å². The molecule has 0 aliphatic carbocycles. The molecule has 0 aromatic heterocycles. The normalized spacial score (nSPS) is 17.9. The summed E-state index contributed by atoms with van der Waals surface area (Å²) in [4.78, 5) is 1.66. The molecule has 0 saturated carbocycles. The molecule has 0 spiro atoms. The van der Waals surface area contributed by atoms with Crippen LogP contribution < -0.4 is 4.90 Å². The van der Waals surface area contributed by atoms with Gasteiger partial charge >= 0.3 is 0 Å². The van der Waals surface area contributed by atoms with Gasteiger partial charge < -0.3 is 4.90 Å². The Balaban J connectivity index is 2.22. The maximum absolute atomic E-state index is 12.7. The lowest BCUT2D eigenvalue weighted by Crippen LogP contribution is -3.14. The minimum absolute atomic E-state index is 0.121. The first-order valence-electron chi connectivity index (χ1n) is 8.71. The van der Waals surface area contributed by atoms with Gasteiger partial charge in [0.1, 0.15) is 0 Å². The first-order chi connectivity index (χ1) is 11.8. The number of rotatable bonds is 7. The van der Waals surface area contributed by atoms with E-state index >= 15 is 0 Å². The number of hydrogen-bond donors (Lipinski definition) is 1. The summed E-state index contributed by atoms with van der Waals surface area (Å²) in [6, 6.07) is 5.55. The van der Waals surface area contributed by atoms with E-state index in [-0.39, 0.29) is 9.79 Å². The van der Waals surface area contributed by atoms with Crippen LogP contribution in [0.3, 0.4) is 0 Å². The van der Waals surface area contributed by atoms with Gasteiger partial charge in [0.2, 0.25) is 20.0 Å². The molecule has 0 unspecified atom stereocenters. The lowest BCUT2D eigenvalue weighted by atomic mass is 10.4. The molecule has 7 nitrogen and oxygen atoms in total. The highest BCUT2D eigenvalue weighted by Gasteiger charge is 2.30. The SMILES string of the molecule is CCN(CC)S(=O)(=O)c1ccc(S(=O)(=O)N2CC[NH+](CC)CC2)cc1. The van der Waals surface area contributed by atoms with Crippen molar-refractivity contribution in [3.05, 3.63) is 24.3 Å². The Kier molecular flexibility index (Phi) is 6.61. The van der Waals surface area contributed by atoms with Crippen LogP contribution in [0, 0.1) is 0 Å². The number of benzene rings is 1. The summed E-state index contributed by atoms with van der Waals surface area (Å²) in [5.74, 6) is 0. The number of nitrogens with zero attached hydrogens (tertiary/aromatic N) is 2. The summed E-state index contributed by atoms with van der Waals surface area (Å²) in [7, 11) is -7.15. The highest BCUT2D eigenvalue weighted by Crippen LogP contribution is 2.20. The zero-order chi connectivity index (χ0) is 18.7. The first-order valence-corrected chi connectivity index (χ1v) is 11.6. The van der Waals surface area contributed by atoms with E-state index in [9.17, 15) is 16.8 Å². The molecule has 0 bridgehead atoms. The van der Waals surface area contributed by atoms with Gasteiger partial charge in [0.15, 0.2) is 0 Å². The second-order valence-electron chi connectivity index (χ2n) is 6.07. The summed E-state index contributed by atoms with van der Waals surface area (Å²) >= 11 is 0. The maximum Gasteiger partial charge on any atom is 0.243 e. The molecule has 25 heavy (non-hydrogen) atoms. The monoisotopic (exact) mass is 390 g/mol. The third-order valence-corrected chi connectivity index (χ3v) is 8.71. The van der Waals surface area contributed by atoms with Crippen molar-refractivity contribution in [2.45, 2.75) is 30.6 Å². The molecular formula is C16H28N3O4S2+. The summed E-state index contributed by atoms with van der Waals surface area (Å²) in [6.45, 7) is 9.96. The molecule has 1 aliphatic heterocycles. The number of nitrogens with one attached hydrogen (secondary N) is 1. The Morgan fingerprint density at radius 1 is 0.920 bits per heavy atom. The van der Waals surface area contributed by atoms with Crippen LogP contribution in [0.1, 0.15) is 20.8 Å². The number of piperazine rings is 1. The van der Waals surface area contributed by atoms with E-state index in [1.165, 1.54) is 37.8 Å². The van der Waals surface area contributed by atoms with Crippen LogP contribution in [0.25, 0.3) is 0 Å². The number of likely N-dealkylation sites (N-methyl/N-ethyl adjacent to an activating group) is 1. The van der Waals surface area contributed by atoms with E-state index in [0.29, 0.717) is 26.2 Å². The Bertz CT molecular complexity index is 764. The van der Waals surface area contributed by atoms with Crippen LogP contribution in [-0.4, -0.2) is 71.3 Å². The van der Waals surface area contributed by atoms with Crippen molar-refractivity contribution >= 4 is 20.0 Å². The number of quaternary nitrogens is 1. The third-order valence-electron chi connectivity index (χ3n) is 4.73. The standard InChI is InChI=1S/C16H27N3O4S2/c1-4-17-11-13-19(14-12-17)25(22,23)16-9-7-15(8-10-16)24(20,21)18(5-2)6-3/h7-10H,4-6,11-14H2,1-3H3/p+1. The molecule has 1 heterocycles. The lowest BCUT2D eigenvalue weighted by Gasteiger charge is -2.30. The summed E-state index contributed by atoms with van der Waals surface area (Å²) in [5.41, 5.74) is 0. The van der Waals surface area contributed by atoms with Gasteiger partial charge in [-0.05, 0) is 31.2 Å². The van der Waals surface area contributed by atoms with Crippen molar-refractivity contribution in [1.29, 1.82) is 0 Å². The Morgan fingerprint density at radius 3 is 1.84 bits per heavy atom. The van der Waals surface area contributed by atoms with Gasteiger partial charge in [0.05, 0.1) is 42.5 Å². The zero-order valence-corrected chi connectivity index (χ0v) is 16.7. The van der Waals surface area contributed by atoms with Crippen LogP contribution in [0.5, 0.6) is 0 Å². The van der Waals surface area contributed by atoms with Crippen molar-refractivity contribution in [2.24, 2.45) is 0 Å². The lowest BCUT2D eigenvalue weighted by molar-refractivity contribution is -0.901. The van der Waals surface area contributed by atoms with E-state index in [1.54, 1.807) is 13.8 Å². The summed E-state index contributed by atoms with van der Waals surface area (Å²) < 4.78 is 53.3. The molecule has 9 heteroatoms. The predicted octanol–water partition coefficient (Wildman–Crippen LogP) is -0.374. The molecule has 0 atom stereocenters.